The first kappa shape index (κ1) is 11.6. The summed E-state index contributed by atoms with van der Waals surface area (Å²) in [4.78, 5) is 16.6. The van der Waals surface area contributed by atoms with Crippen molar-refractivity contribution in [2.75, 3.05) is 5.73 Å². The van der Waals surface area contributed by atoms with E-state index >= 15 is 0 Å². The van der Waals surface area contributed by atoms with Gasteiger partial charge in [0.05, 0.1) is 6.54 Å². The number of aromatic nitrogens is 1. The van der Waals surface area contributed by atoms with Gasteiger partial charge in [-0.1, -0.05) is 0 Å². The Morgan fingerprint density at radius 1 is 1.50 bits per heavy atom. The Balaban J connectivity index is 1.93. The molecule has 0 atom stereocenters. The molecule has 0 spiro atoms. The molecular formula is C9H8BrN3OS2. The van der Waals surface area contributed by atoms with Crippen molar-refractivity contribution in [3.05, 3.63) is 31.9 Å². The molecule has 4 nitrogen and oxygen atoms in total. The number of nitrogens with two attached hydrogens (primary N) is 1. The number of rotatable bonds is 3. The van der Waals surface area contributed by atoms with Crippen LogP contribution in [0.25, 0.3) is 0 Å². The van der Waals surface area contributed by atoms with Gasteiger partial charge in [-0.3, -0.25) is 4.79 Å². The van der Waals surface area contributed by atoms with Gasteiger partial charge in [-0.25, -0.2) is 4.98 Å². The molecule has 0 saturated heterocycles. The number of thiophene rings is 1. The fraction of sp³-hybridized carbons (Fsp3) is 0.111. The highest BCUT2D eigenvalue weighted by Crippen LogP contribution is 2.19. The normalized spacial score (nSPS) is 10.3. The van der Waals surface area contributed by atoms with Crippen LogP contribution in [0.3, 0.4) is 0 Å². The Kier molecular flexibility index (Phi) is 3.57. The average molecular weight is 318 g/mol. The number of hydrogen-bond donors (Lipinski definition) is 2. The minimum absolute atomic E-state index is 0.197. The van der Waals surface area contributed by atoms with Gasteiger partial charge in [0.1, 0.15) is 5.69 Å². The lowest BCUT2D eigenvalue weighted by molar-refractivity contribution is 0.0947. The van der Waals surface area contributed by atoms with Crippen molar-refractivity contribution in [2.24, 2.45) is 0 Å². The molecule has 0 aromatic carbocycles. The SMILES string of the molecule is Nc1nc(C(=O)NCc2cc(Br)cs2)cs1. The number of thiazole rings is 1. The molecule has 0 aliphatic carbocycles. The summed E-state index contributed by atoms with van der Waals surface area (Å²) in [6, 6.07) is 1.97. The van der Waals surface area contributed by atoms with Gasteiger partial charge >= 0.3 is 0 Å². The fourth-order valence-electron chi connectivity index (χ4n) is 1.10. The van der Waals surface area contributed by atoms with E-state index in [1.54, 1.807) is 16.7 Å². The van der Waals surface area contributed by atoms with Crippen LogP contribution in [0.1, 0.15) is 15.4 Å². The average Bonchev–Trinajstić information content (AvgIpc) is 2.84. The first-order valence-corrected chi connectivity index (χ1v) is 6.92. The second-order valence-electron chi connectivity index (χ2n) is 2.98. The highest BCUT2D eigenvalue weighted by atomic mass is 79.9. The number of nitrogens with zero attached hydrogens (tertiary/aromatic N) is 1. The van der Waals surface area contributed by atoms with E-state index in [2.05, 4.69) is 26.2 Å². The van der Waals surface area contributed by atoms with Gasteiger partial charge in [-0.05, 0) is 22.0 Å². The molecule has 0 saturated carbocycles. The number of amides is 1. The molecule has 2 aromatic rings. The standard InChI is InChI=1S/C9H8BrN3OS2/c10-5-1-6(15-3-5)2-12-8(14)7-4-16-9(11)13-7/h1,3-4H,2H2,(H2,11,13)(H,12,14). The molecule has 0 fully saturated rings. The summed E-state index contributed by atoms with van der Waals surface area (Å²) in [5.74, 6) is -0.197. The zero-order chi connectivity index (χ0) is 11.5. The van der Waals surface area contributed by atoms with Crippen molar-refractivity contribution < 1.29 is 4.79 Å². The molecule has 2 heterocycles. The number of halogens is 1. The lowest BCUT2D eigenvalue weighted by Gasteiger charge is -1.99. The van der Waals surface area contributed by atoms with Crippen LogP contribution in [0.15, 0.2) is 21.3 Å². The largest absolute Gasteiger partial charge is 0.375 e. The number of carbonyl (C=O) groups excluding carboxylic acids is 1. The third-order valence-corrected chi connectivity index (χ3v) is 4.17. The highest BCUT2D eigenvalue weighted by Gasteiger charge is 2.09. The van der Waals surface area contributed by atoms with Crippen LogP contribution in [-0.2, 0) is 6.54 Å². The molecule has 7 heteroatoms. The first-order chi connectivity index (χ1) is 7.65. The summed E-state index contributed by atoms with van der Waals surface area (Å²) in [6.45, 7) is 0.506. The third kappa shape index (κ3) is 2.81. The minimum Gasteiger partial charge on any atom is -0.375 e. The summed E-state index contributed by atoms with van der Waals surface area (Å²) in [5.41, 5.74) is 5.82. The summed E-state index contributed by atoms with van der Waals surface area (Å²) in [5, 5.41) is 6.81. The highest BCUT2D eigenvalue weighted by molar-refractivity contribution is 9.10. The number of nitrogens with one attached hydrogen (secondary N) is 1. The maximum Gasteiger partial charge on any atom is 0.271 e. The van der Waals surface area contributed by atoms with Crippen molar-refractivity contribution in [2.45, 2.75) is 6.54 Å². The predicted octanol–water partition coefficient (Wildman–Crippen LogP) is 2.48. The van der Waals surface area contributed by atoms with Crippen molar-refractivity contribution in [1.29, 1.82) is 0 Å². The van der Waals surface area contributed by atoms with Crippen molar-refractivity contribution >= 4 is 49.6 Å². The first-order valence-electron chi connectivity index (χ1n) is 4.37. The van der Waals surface area contributed by atoms with Gasteiger partial charge in [-0.2, -0.15) is 0 Å². The van der Waals surface area contributed by atoms with Gasteiger partial charge in [-0.15, -0.1) is 22.7 Å². The summed E-state index contributed by atoms with van der Waals surface area (Å²) >= 11 is 6.21. The predicted molar refractivity (Wildman–Crippen MR) is 69.7 cm³/mol. The van der Waals surface area contributed by atoms with Crippen LogP contribution >= 0.6 is 38.6 Å². The van der Waals surface area contributed by atoms with Crippen LogP contribution in [0.5, 0.6) is 0 Å². The Labute approximate surface area is 109 Å². The van der Waals surface area contributed by atoms with Gasteiger partial charge < -0.3 is 11.1 Å². The van der Waals surface area contributed by atoms with Crippen LogP contribution in [0.4, 0.5) is 5.13 Å². The molecule has 2 rings (SSSR count). The molecule has 84 valence electrons. The van der Waals surface area contributed by atoms with Crippen molar-refractivity contribution in [3.8, 4) is 0 Å². The Morgan fingerprint density at radius 2 is 2.31 bits per heavy atom. The van der Waals surface area contributed by atoms with E-state index < -0.39 is 0 Å². The quantitative estimate of drug-likeness (QED) is 0.913. The molecule has 16 heavy (non-hydrogen) atoms. The monoisotopic (exact) mass is 317 g/mol. The van der Waals surface area contributed by atoms with Crippen LogP contribution in [0, 0.1) is 0 Å². The third-order valence-electron chi connectivity index (χ3n) is 1.80. The molecule has 0 unspecified atom stereocenters. The number of anilines is 1. The molecule has 1 amide bonds. The van der Waals surface area contributed by atoms with Crippen LogP contribution in [-0.4, -0.2) is 10.9 Å². The molecule has 0 aliphatic heterocycles. The fourth-order valence-corrected chi connectivity index (χ4v) is 3.03. The van der Waals surface area contributed by atoms with Gasteiger partial charge in [0.25, 0.3) is 5.91 Å². The Hall–Kier alpha value is -0.920. The van der Waals surface area contributed by atoms with E-state index in [4.69, 9.17) is 5.73 Å². The molecule has 0 radical (unpaired) electrons. The van der Waals surface area contributed by atoms with Crippen LogP contribution in [0.2, 0.25) is 0 Å². The molecule has 0 bridgehead atoms. The van der Waals surface area contributed by atoms with E-state index in [9.17, 15) is 4.79 Å². The second-order valence-corrected chi connectivity index (χ2v) is 5.79. The molecule has 2 aromatic heterocycles. The molecular weight excluding hydrogens is 310 g/mol. The minimum atomic E-state index is -0.197. The number of nitrogen functional groups attached to an aromatic ring is 1. The Bertz CT molecular complexity index is 508. The molecule has 0 aliphatic rings. The van der Waals surface area contributed by atoms with Crippen LogP contribution < -0.4 is 11.1 Å². The van der Waals surface area contributed by atoms with E-state index in [1.807, 2.05) is 11.4 Å². The zero-order valence-electron chi connectivity index (χ0n) is 8.07. The van der Waals surface area contributed by atoms with Gasteiger partial charge in [0, 0.05) is 20.1 Å². The maximum absolute atomic E-state index is 11.6. The Morgan fingerprint density at radius 3 is 2.88 bits per heavy atom. The van der Waals surface area contributed by atoms with Crippen molar-refractivity contribution in [3.63, 3.8) is 0 Å². The topological polar surface area (TPSA) is 68.0 Å². The van der Waals surface area contributed by atoms with Crippen molar-refractivity contribution in [1.82, 2.24) is 10.3 Å². The van der Waals surface area contributed by atoms with E-state index in [1.165, 1.54) is 11.3 Å². The lowest BCUT2D eigenvalue weighted by Crippen LogP contribution is -2.22. The number of hydrogen-bond acceptors (Lipinski definition) is 5. The number of carbonyl (C=O) groups is 1. The van der Waals surface area contributed by atoms with E-state index in [-0.39, 0.29) is 5.91 Å². The van der Waals surface area contributed by atoms with Gasteiger partial charge in [0.15, 0.2) is 5.13 Å². The lowest BCUT2D eigenvalue weighted by atomic mass is 10.4. The summed E-state index contributed by atoms with van der Waals surface area (Å²) in [7, 11) is 0. The summed E-state index contributed by atoms with van der Waals surface area (Å²) < 4.78 is 1.03. The van der Waals surface area contributed by atoms with Gasteiger partial charge in [0.2, 0.25) is 0 Å². The maximum atomic E-state index is 11.6. The van der Waals surface area contributed by atoms with E-state index in [0.717, 1.165) is 9.35 Å². The smallest absolute Gasteiger partial charge is 0.271 e. The summed E-state index contributed by atoms with van der Waals surface area (Å²) in [6.07, 6.45) is 0. The molecule has 3 N–H and O–H groups in total. The zero-order valence-corrected chi connectivity index (χ0v) is 11.3. The second kappa shape index (κ2) is 4.94. The van der Waals surface area contributed by atoms with E-state index in [0.29, 0.717) is 17.4 Å².